The minimum Gasteiger partial charge on any atom is -0.394 e. The molecule has 0 bridgehead atoms. The molecular formula is C16H15IN6O3. The van der Waals surface area contributed by atoms with Crippen molar-refractivity contribution in [2.45, 2.75) is 19.1 Å². The first-order chi connectivity index (χ1) is 12.4. The average Bonchev–Trinajstić information content (AvgIpc) is 2.95. The van der Waals surface area contributed by atoms with Crippen LogP contribution in [0.5, 0.6) is 0 Å². The van der Waals surface area contributed by atoms with Gasteiger partial charge in [-0.1, -0.05) is 0 Å². The number of rotatable bonds is 3. The van der Waals surface area contributed by atoms with E-state index in [-0.39, 0.29) is 25.3 Å². The first-order valence-electron chi connectivity index (χ1n) is 7.68. The van der Waals surface area contributed by atoms with Crippen LogP contribution in [0.15, 0.2) is 24.3 Å². The molecular weight excluding hydrogens is 451 g/mol. The molecule has 1 aromatic heterocycles. The van der Waals surface area contributed by atoms with Crippen LogP contribution in [0.4, 0.5) is 10.5 Å². The fourth-order valence-corrected chi connectivity index (χ4v) is 3.66. The molecule has 0 aliphatic carbocycles. The normalized spacial score (nSPS) is 15.9. The lowest BCUT2D eigenvalue weighted by atomic mass is 10.1. The summed E-state index contributed by atoms with van der Waals surface area (Å²) in [6.45, 7) is 0.111. The maximum atomic E-state index is 12.7. The van der Waals surface area contributed by atoms with Gasteiger partial charge in [-0.25, -0.2) is 4.79 Å². The van der Waals surface area contributed by atoms with E-state index in [9.17, 15) is 14.7 Å². The number of fused-ring (bicyclic) bond motifs is 1. The van der Waals surface area contributed by atoms with Crippen molar-refractivity contribution in [2.75, 3.05) is 11.9 Å². The maximum absolute atomic E-state index is 12.7. The third kappa shape index (κ3) is 3.35. The molecule has 1 aliphatic heterocycles. The van der Waals surface area contributed by atoms with Gasteiger partial charge in [0.05, 0.1) is 48.6 Å². The van der Waals surface area contributed by atoms with E-state index in [1.165, 1.54) is 4.90 Å². The van der Waals surface area contributed by atoms with Crippen molar-refractivity contribution in [3.8, 4) is 6.07 Å². The highest BCUT2D eigenvalue weighted by Crippen LogP contribution is 2.25. The predicted octanol–water partition coefficient (Wildman–Crippen LogP) is 0.867. The summed E-state index contributed by atoms with van der Waals surface area (Å²) in [4.78, 5) is 25.8. The van der Waals surface area contributed by atoms with Crippen molar-refractivity contribution < 1.29 is 14.7 Å². The number of aliphatic hydroxyl groups excluding tert-OH is 1. The third-order valence-electron chi connectivity index (χ3n) is 4.14. The number of amides is 3. The Balaban J connectivity index is 1.85. The number of hydrogen-bond acceptors (Lipinski definition) is 5. The Bertz CT molecular complexity index is 902. The Morgan fingerprint density at radius 3 is 2.69 bits per heavy atom. The summed E-state index contributed by atoms with van der Waals surface area (Å²) >= 11 is 1.92. The van der Waals surface area contributed by atoms with Gasteiger partial charge in [0.1, 0.15) is 3.70 Å². The summed E-state index contributed by atoms with van der Waals surface area (Å²) in [5.41, 5.74) is 7.27. The number of primary amides is 1. The number of anilines is 1. The van der Waals surface area contributed by atoms with Gasteiger partial charge < -0.3 is 21.1 Å². The number of urea groups is 1. The molecule has 9 nitrogen and oxygen atoms in total. The van der Waals surface area contributed by atoms with E-state index in [0.717, 1.165) is 0 Å². The van der Waals surface area contributed by atoms with Crippen LogP contribution in [0.1, 0.15) is 21.6 Å². The first kappa shape index (κ1) is 18.2. The molecule has 1 aromatic carbocycles. The van der Waals surface area contributed by atoms with E-state index in [1.54, 1.807) is 28.9 Å². The van der Waals surface area contributed by atoms with Crippen molar-refractivity contribution in [3.05, 3.63) is 44.8 Å². The monoisotopic (exact) mass is 466 g/mol. The smallest absolute Gasteiger partial charge is 0.322 e. The number of hydrogen-bond donors (Lipinski definition) is 3. The zero-order valence-corrected chi connectivity index (χ0v) is 15.7. The second kappa shape index (κ2) is 7.30. The molecule has 1 unspecified atom stereocenters. The van der Waals surface area contributed by atoms with Crippen molar-refractivity contribution in [1.82, 2.24) is 14.7 Å². The van der Waals surface area contributed by atoms with Gasteiger partial charge in [0.25, 0.3) is 5.91 Å². The number of nitrogens with two attached hydrogens (primary N) is 1. The molecule has 0 fully saturated rings. The first-order valence-corrected chi connectivity index (χ1v) is 8.76. The number of halogens is 1. The minimum atomic E-state index is -0.606. The standard InChI is InChI=1S/C16H15IN6O3/c17-14-13(15(19)25)12-7-22(11(8-24)6-23(12)21-14)16(26)20-10-3-1-9(5-18)2-4-10/h1-4,11,24H,6-8H2,(H2,19,25)(H,20,26). The lowest BCUT2D eigenvalue weighted by Crippen LogP contribution is -2.50. The van der Waals surface area contributed by atoms with E-state index in [1.807, 2.05) is 28.7 Å². The van der Waals surface area contributed by atoms with Gasteiger partial charge in [0.2, 0.25) is 0 Å². The van der Waals surface area contributed by atoms with E-state index < -0.39 is 18.0 Å². The molecule has 26 heavy (non-hydrogen) atoms. The molecule has 10 heteroatoms. The zero-order valence-electron chi connectivity index (χ0n) is 13.5. The minimum absolute atomic E-state index is 0.0988. The molecule has 2 heterocycles. The molecule has 0 spiro atoms. The molecule has 134 valence electrons. The summed E-state index contributed by atoms with van der Waals surface area (Å²) in [5, 5.41) is 25.5. The lowest BCUT2D eigenvalue weighted by molar-refractivity contribution is 0.0973. The number of nitrogens with zero attached hydrogens (tertiary/aromatic N) is 4. The predicted molar refractivity (Wildman–Crippen MR) is 100 cm³/mol. The molecule has 2 aromatic rings. The fourth-order valence-electron chi connectivity index (χ4n) is 2.83. The van der Waals surface area contributed by atoms with Gasteiger partial charge in [-0.15, -0.1) is 0 Å². The Labute approximate surface area is 162 Å². The fraction of sp³-hybridized carbons (Fsp3) is 0.250. The SMILES string of the molecule is N#Cc1ccc(NC(=O)N2Cc3c(C(N)=O)c(I)nn3CC2CO)cc1. The second-order valence-electron chi connectivity index (χ2n) is 5.74. The molecule has 1 aliphatic rings. The van der Waals surface area contributed by atoms with E-state index in [4.69, 9.17) is 11.0 Å². The van der Waals surface area contributed by atoms with Gasteiger partial charge in [-0.3, -0.25) is 9.48 Å². The number of nitriles is 1. The lowest BCUT2D eigenvalue weighted by Gasteiger charge is -2.35. The van der Waals surface area contributed by atoms with Crippen LogP contribution < -0.4 is 11.1 Å². The van der Waals surface area contributed by atoms with Crippen LogP contribution in [-0.4, -0.2) is 44.4 Å². The third-order valence-corrected chi connectivity index (χ3v) is 4.90. The summed E-state index contributed by atoms with van der Waals surface area (Å²) in [6.07, 6.45) is 0. The highest BCUT2D eigenvalue weighted by Gasteiger charge is 2.34. The van der Waals surface area contributed by atoms with E-state index >= 15 is 0 Å². The molecule has 3 rings (SSSR count). The van der Waals surface area contributed by atoms with Gasteiger partial charge in [0, 0.05) is 5.69 Å². The Hall–Kier alpha value is -2.65. The van der Waals surface area contributed by atoms with E-state index in [0.29, 0.717) is 20.6 Å². The van der Waals surface area contributed by atoms with Crippen LogP contribution in [0.2, 0.25) is 0 Å². The maximum Gasteiger partial charge on any atom is 0.322 e. The molecule has 1 atom stereocenters. The van der Waals surface area contributed by atoms with Gasteiger partial charge in [-0.05, 0) is 46.9 Å². The molecule has 0 saturated carbocycles. The van der Waals surface area contributed by atoms with Crippen LogP contribution in [0, 0.1) is 15.0 Å². The Morgan fingerprint density at radius 2 is 2.12 bits per heavy atom. The molecule has 4 N–H and O–H groups in total. The van der Waals surface area contributed by atoms with Crippen molar-refractivity contribution in [1.29, 1.82) is 5.26 Å². The number of carbonyl (C=O) groups is 2. The van der Waals surface area contributed by atoms with Crippen molar-refractivity contribution in [2.24, 2.45) is 5.73 Å². The Morgan fingerprint density at radius 1 is 1.42 bits per heavy atom. The highest BCUT2D eigenvalue weighted by atomic mass is 127. The number of aliphatic hydroxyl groups is 1. The second-order valence-corrected chi connectivity index (χ2v) is 6.76. The summed E-state index contributed by atoms with van der Waals surface area (Å²) < 4.78 is 2.07. The summed E-state index contributed by atoms with van der Waals surface area (Å²) in [7, 11) is 0. The Kier molecular flexibility index (Phi) is 5.10. The van der Waals surface area contributed by atoms with Crippen LogP contribution >= 0.6 is 22.6 Å². The zero-order chi connectivity index (χ0) is 18.8. The number of aromatic nitrogens is 2. The number of nitrogens with one attached hydrogen (secondary N) is 1. The summed E-state index contributed by atoms with van der Waals surface area (Å²) in [6, 6.07) is 7.53. The van der Waals surface area contributed by atoms with E-state index in [2.05, 4.69) is 10.4 Å². The summed E-state index contributed by atoms with van der Waals surface area (Å²) in [5.74, 6) is -0.606. The van der Waals surface area contributed by atoms with Crippen LogP contribution in [0.25, 0.3) is 0 Å². The highest BCUT2D eigenvalue weighted by molar-refractivity contribution is 14.1. The topological polar surface area (TPSA) is 137 Å². The largest absolute Gasteiger partial charge is 0.394 e. The van der Waals surface area contributed by atoms with Gasteiger partial charge in [-0.2, -0.15) is 10.4 Å². The van der Waals surface area contributed by atoms with Crippen LogP contribution in [0.3, 0.4) is 0 Å². The number of benzene rings is 1. The van der Waals surface area contributed by atoms with Crippen molar-refractivity contribution in [3.63, 3.8) is 0 Å². The average molecular weight is 466 g/mol. The molecule has 0 radical (unpaired) electrons. The molecule has 3 amide bonds. The van der Waals surface area contributed by atoms with Crippen molar-refractivity contribution >= 4 is 40.2 Å². The molecule has 0 saturated heterocycles. The van der Waals surface area contributed by atoms with Gasteiger partial charge >= 0.3 is 6.03 Å². The number of carbonyl (C=O) groups excluding carboxylic acids is 2. The quantitative estimate of drug-likeness (QED) is 0.577. The van der Waals surface area contributed by atoms with Crippen LogP contribution in [-0.2, 0) is 13.1 Å². The van der Waals surface area contributed by atoms with Gasteiger partial charge in [0.15, 0.2) is 0 Å².